The smallest absolute Gasteiger partial charge is 0.252 e. The number of likely N-dealkylation sites (tertiary alicyclic amines) is 1. The van der Waals surface area contributed by atoms with Gasteiger partial charge in [0.15, 0.2) is 0 Å². The summed E-state index contributed by atoms with van der Waals surface area (Å²) < 4.78 is 0. The van der Waals surface area contributed by atoms with Crippen LogP contribution in [-0.4, -0.2) is 41.8 Å². The number of aromatic nitrogens is 1. The first kappa shape index (κ1) is 14.5. The van der Waals surface area contributed by atoms with E-state index in [1.165, 1.54) is 0 Å². The summed E-state index contributed by atoms with van der Waals surface area (Å²) in [6.07, 6.45) is 6.41. The maximum atomic E-state index is 11.6. The Hall–Kier alpha value is -1.91. The van der Waals surface area contributed by atoms with Gasteiger partial charge in [0.2, 0.25) is 5.91 Å². The molecule has 5 heteroatoms. The Morgan fingerprint density at radius 2 is 2.25 bits per heavy atom. The van der Waals surface area contributed by atoms with Crippen LogP contribution < -0.4 is 5.32 Å². The van der Waals surface area contributed by atoms with E-state index in [1.54, 1.807) is 26.4 Å². The normalized spacial score (nSPS) is 18.7. The lowest BCUT2D eigenvalue weighted by Gasteiger charge is -2.32. The highest BCUT2D eigenvalue weighted by molar-refractivity contribution is 5.93. The van der Waals surface area contributed by atoms with Gasteiger partial charge in [-0.05, 0) is 36.8 Å². The van der Waals surface area contributed by atoms with E-state index >= 15 is 0 Å². The van der Waals surface area contributed by atoms with Crippen LogP contribution in [0.3, 0.4) is 0 Å². The summed E-state index contributed by atoms with van der Waals surface area (Å²) in [5.41, 5.74) is 1.64. The fourth-order valence-corrected chi connectivity index (χ4v) is 2.72. The number of carbonyl (C=O) groups is 2. The first-order chi connectivity index (χ1) is 9.60. The number of carbonyl (C=O) groups excluding carboxylic acids is 2. The monoisotopic (exact) mass is 275 g/mol. The van der Waals surface area contributed by atoms with Crippen molar-refractivity contribution in [1.82, 2.24) is 15.2 Å². The van der Waals surface area contributed by atoms with E-state index in [0.29, 0.717) is 11.5 Å². The average Bonchev–Trinajstić information content (AvgIpc) is 2.47. The molecule has 1 atom stereocenters. The topological polar surface area (TPSA) is 62.3 Å². The minimum Gasteiger partial charge on any atom is -0.355 e. The zero-order chi connectivity index (χ0) is 14.5. The van der Waals surface area contributed by atoms with E-state index in [4.69, 9.17) is 0 Å². The van der Waals surface area contributed by atoms with Gasteiger partial charge in [0.1, 0.15) is 0 Å². The molecule has 1 aliphatic heterocycles. The van der Waals surface area contributed by atoms with Crippen LogP contribution in [0.4, 0.5) is 0 Å². The van der Waals surface area contributed by atoms with E-state index in [9.17, 15) is 9.59 Å². The Labute approximate surface area is 119 Å². The van der Waals surface area contributed by atoms with Gasteiger partial charge < -0.3 is 10.2 Å². The molecule has 0 aliphatic carbocycles. The van der Waals surface area contributed by atoms with Crippen molar-refractivity contribution < 1.29 is 9.59 Å². The van der Waals surface area contributed by atoms with Gasteiger partial charge in [0, 0.05) is 39.5 Å². The van der Waals surface area contributed by atoms with Gasteiger partial charge in [0.25, 0.3) is 5.91 Å². The predicted octanol–water partition coefficient (Wildman–Crippen LogP) is 1.24. The molecular weight excluding hydrogens is 254 g/mol. The van der Waals surface area contributed by atoms with E-state index in [0.717, 1.165) is 37.9 Å². The molecule has 0 spiro atoms. The number of nitrogens with one attached hydrogen (secondary N) is 1. The van der Waals surface area contributed by atoms with Gasteiger partial charge in [-0.15, -0.1) is 0 Å². The lowest BCUT2D eigenvalue weighted by molar-refractivity contribution is -0.130. The Balaban J connectivity index is 2.02. The van der Waals surface area contributed by atoms with E-state index in [-0.39, 0.29) is 11.8 Å². The van der Waals surface area contributed by atoms with Crippen molar-refractivity contribution in [3.63, 3.8) is 0 Å². The minimum atomic E-state index is -0.117. The minimum absolute atomic E-state index is 0.117. The van der Waals surface area contributed by atoms with Crippen molar-refractivity contribution in [2.45, 2.75) is 26.2 Å². The number of hydrogen-bond acceptors (Lipinski definition) is 3. The van der Waals surface area contributed by atoms with Crippen LogP contribution in [0.5, 0.6) is 0 Å². The number of amides is 2. The summed E-state index contributed by atoms with van der Waals surface area (Å²) in [7, 11) is 1.61. The second kappa shape index (κ2) is 6.50. The molecular formula is C15H21N3O2. The Bertz CT molecular complexity index is 502. The number of pyridine rings is 1. The SMILES string of the molecule is CNC(=O)c1cncc(C[C@@H]2CCCN(C(C)=O)C2)c1. The predicted molar refractivity (Wildman–Crippen MR) is 76.3 cm³/mol. The molecule has 0 saturated carbocycles. The molecule has 5 nitrogen and oxygen atoms in total. The fourth-order valence-electron chi connectivity index (χ4n) is 2.72. The molecule has 1 aromatic heterocycles. The van der Waals surface area contributed by atoms with Crippen molar-refractivity contribution >= 4 is 11.8 Å². The van der Waals surface area contributed by atoms with Gasteiger partial charge >= 0.3 is 0 Å². The molecule has 2 amide bonds. The van der Waals surface area contributed by atoms with Crippen LogP contribution in [0.1, 0.15) is 35.7 Å². The lowest BCUT2D eigenvalue weighted by atomic mass is 9.91. The largest absolute Gasteiger partial charge is 0.355 e. The third-order valence-corrected chi connectivity index (χ3v) is 3.77. The van der Waals surface area contributed by atoms with Gasteiger partial charge in [-0.2, -0.15) is 0 Å². The summed E-state index contributed by atoms with van der Waals surface area (Å²) in [5, 5.41) is 2.60. The summed E-state index contributed by atoms with van der Waals surface area (Å²) in [4.78, 5) is 29.1. The van der Waals surface area contributed by atoms with E-state index < -0.39 is 0 Å². The van der Waals surface area contributed by atoms with Crippen molar-refractivity contribution in [3.8, 4) is 0 Å². The number of rotatable bonds is 3. The Morgan fingerprint density at radius 3 is 2.95 bits per heavy atom. The zero-order valence-corrected chi connectivity index (χ0v) is 12.1. The summed E-state index contributed by atoms with van der Waals surface area (Å²) in [6.45, 7) is 3.29. The third-order valence-electron chi connectivity index (χ3n) is 3.77. The molecule has 0 unspecified atom stereocenters. The van der Waals surface area contributed by atoms with Gasteiger partial charge in [0.05, 0.1) is 5.56 Å². The maximum absolute atomic E-state index is 11.6. The highest BCUT2D eigenvalue weighted by atomic mass is 16.2. The molecule has 1 N–H and O–H groups in total. The number of hydrogen-bond donors (Lipinski definition) is 1. The Kier molecular flexibility index (Phi) is 4.71. The van der Waals surface area contributed by atoms with Crippen molar-refractivity contribution in [2.24, 2.45) is 5.92 Å². The molecule has 2 rings (SSSR count). The van der Waals surface area contributed by atoms with Crippen LogP contribution in [0.15, 0.2) is 18.5 Å². The highest BCUT2D eigenvalue weighted by Crippen LogP contribution is 2.21. The van der Waals surface area contributed by atoms with Crippen LogP contribution >= 0.6 is 0 Å². The summed E-state index contributed by atoms with van der Waals surface area (Å²) in [5.74, 6) is 0.481. The van der Waals surface area contributed by atoms with Gasteiger partial charge in [-0.1, -0.05) is 0 Å². The van der Waals surface area contributed by atoms with E-state index in [2.05, 4.69) is 10.3 Å². The standard InChI is InChI=1S/C15H21N3O2/c1-11(19)18-5-3-4-12(10-18)6-13-7-14(9-17-8-13)15(20)16-2/h7-9,12H,3-6,10H2,1-2H3,(H,16,20)/t12-/m0/s1. The van der Waals surface area contributed by atoms with Crippen molar-refractivity contribution in [1.29, 1.82) is 0 Å². The number of piperidine rings is 1. The summed E-state index contributed by atoms with van der Waals surface area (Å²) >= 11 is 0. The number of nitrogens with zero attached hydrogens (tertiary/aromatic N) is 2. The quantitative estimate of drug-likeness (QED) is 0.903. The second-order valence-electron chi connectivity index (χ2n) is 5.34. The summed E-state index contributed by atoms with van der Waals surface area (Å²) in [6, 6.07) is 1.89. The fraction of sp³-hybridized carbons (Fsp3) is 0.533. The average molecular weight is 275 g/mol. The molecule has 2 heterocycles. The van der Waals surface area contributed by atoms with Crippen LogP contribution in [-0.2, 0) is 11.2 Å². The second-order valence-corrected chi connectivity index (χ2v) is 5.34. The lowest BCUT2D eigenvalue weighted by Crippen LogP contribution is -2.39. The molecule has 1 aliphatic rings. The van der Waals surface area contributed by atoms with Crippen molar-refractivity contribution in [2.75, 3.05) is 20.1 Å². The van der Waals surface area contributed by atoms with E-state index in [1.807, 2.05) is 11.0 Å². The molecule has 20 heavy (non-hydrogen) atoms. The Morgan fingerprint density at radius 1 is 1.45 bits per heavy atom. The van der Waals surface area contributed by atoms with Crippen LogP contribution in [0.25, 0.3) is 0 Å². The zero-order valence-electron chi connectivity index (χ0n) is 12.1. The highest BCUT2D eigenvalue weighted by Gasteiger charge is 2.22. The molecule has 108 valence electrons. The molecule has 1 aromatic rings. The third kappa shape index (κ3) is 3.56. The van der Waals surface area contributed by atoms with Crippen LogP contribution in [0.2, 0.25) is 0 Å². The molecule has 1 saturated heterocycles. The molecule has 0 radical (unpaired) electrons. The van der Waals surface area contributed by atoms with Gasteiger partial charge in [-0.3, -0.25) is 14.6 Å². The molecule has 1 fully saturated rings. The molecule has 0 aromatic carbocycles. The maximum Gasteiger partial charge on any atom is 0.252 e. The first-order valence-electron chi connectivity index (χ1n) is 7.01. The van der Waals surface area contributed by atoms with Crippen LogP contribution in [0, 0.1) is 5.92 Å². The van der Waals surface area contributed by atoms with Crippen molar-refractivity contribution in [3.05, 3.63) is 29.6 Å². The van der Waals surface area contributed by atoms with Gasteiger partial charge in [-0.25, -0.2) is 0 Å². The first-order valence-corrected chi connectivity index (χ1v) is 7.01. The molecule has 0 bridgehead atoms.